The van der Waals surface area contributed by atoms with Crippen molar-refractivity contribution < 1.29 is 19.0 Å². The summed E-state index contributed by atoms with van der Waals surface area (Å²) in [6, 6.07) is 5.18. The van der Waals surface area contributed by atoms with Crippen LogP contribution < -0.4 is 14.4 Å². The Morgan fingerprint density at radius 2 is 1.88 bits per heavy atom. The van der Waals surface area contributed by atoms with Crippen LogP contribution in [-0.4, -0.2) is 34.5 Å². The molecule has 0 bridgehead atoms. The Labute approximate surface area is 94.5 Å². The first-order valence-corrected chi connectivity index (χ1v) is 4.67. The van der Waals surface area contributed by atoms with Gasteiger partial charge in [-0.05, 0) is 12.1 Å². The zero-order valence-electron chi connectivity index (χ0n) is 9.81. The fourth-order valence-corrected chi connectivity index (χ4v) is 1.30. The molecule has 0 radical (unpaired) electrons. The monoisotopic (exact) mass is 225 g/mol. The van der Waals surface area contributed by atoms with E-state index in [-0.39, 0.29) is 0 Å². The molecule has 0 N–H and O–H groups in total. The third-order valence-corrected chi connectivity index (χ3v) is 2.20. The number of hydrogen-bond acceptors (Lipinski definition) is 4. The van der Waals surface area contributed by atoms with Crippen LogP contribution in [0.4, 0.5) is 10.5 Å². The number of ether oxygens (including phenoxy) is 3. The van der Waals surface area contributed by atoms with Crippen molar-refractivity contribution in [3.63, 3.8) is 0 Å². The Morgan fingerprint density at radius 1 is 1.19 bits per heavy atom. The van der Waals surface area contributed by atoms with Crippen LogP contribution in [0.2, 0.25) is 0 Å². The van der Waals surface area contributed by atoms with Crippen molar-refractivity contribution in [2.75, 3.05) is 33.3 Å². The molecule has 0 saturated carbocycles. The smallest absolute Gasteiger partial charge is 0.413 e. The lowest BCUT2D eigenvalue weighted by atomic mass is 10.2. The number of carbonyl (C=O) groups excluding carboxylic acids is 1. The Morgan fingerprint density at radius 3 is 2.38 bits per heavy atom. The summed E-state index contributed by atoms with van der Waals surface area (Å²) in [6.45, 7) is 0. The van der Waals surface area contributed by atoms with Gasteiger partial charge in [-0.15, -0.1) is 0 Å². The van der Waals surface area contributed by atoms with E-state index in [4.69, 9.17) is 9.47 Å². The first-order chi connectivity index (χ1) is 7.63. The second kappa shape index (κ2) is 5.25. The molecule has 0 spiro atoms. The van der Waals surface area contributed by atoms with E-state index in [1.165, 1.54) is 19.1 Å². The SMILES string of the molecule is COC(=O)N(C)c1ccc(OC)cc1OC. The maximum atomic E-state index is 11.4. The molecule has 1 rings (SSSR count). The van der Waals surface area contributed by atoms with Crippen molar-refractivity contribution in [1.29, 1.82) is 0 Å². The van der Waals surface area contributed by atoms with Gasteiger partial charge in [0.05, 0.1) is 27.0 Å². The number of amides is 1. The Hall–Kier alpha value is -1.91. The van der Waals surface area contributed by atoms with Gasteiger partial charge >= 0.3 is 6.09 Å². The summed E-state index contributed by atoms with van der Waals surface area (Å²) in [6.07, 6.45) is -0.455. The number of benzene rings is 1. The largest absolute Gasteiger partial charge is 0.497 e. The van der Waals surface area contributed by atoms with Crippen molar-refractivity contribution in [1.82, 2.24) is 0 Å². The molecule has 0 unspecified atom stereocenters. The lowest BCUT2D eigenvalue weighted by molar-refractivity contribution is 0.180. The average molecular weight is 225 g/mol. The highest BCUT2D eigenvalue weighted by Gasteiger charge is 2.15. The highest BCUT2D eigenvalue weighted by molar-refractivity contribution is 5.89. The second-order valence-corrected chi connectivity index (χ2v) is 3.07. The van der Waals surface area contributed by atoms with E-state index in [0.717, 1.165) is 0 Å². The van der Waals surface area contributed by atoms with Crippen LogP contribution in [0.25, 0.3) is 0 Å². The zero-order valence-corrected chi connectivity index (χ0v) is 9.81. The lowest BCUT2D eigenvalue weighted by Crippen LogP contribution is -2.26. The molecule has 1 aromatic rings. The van der Waals surface area contributed by atoms with Gasteiger partial charge in [0, 0.05) is 13.1 Å². The summed E-state index contributed by atoms with van der Waals surface area (Å²) in [5.41, 5.74) is 0.621. The quantitative estimate of drug-likeness (QED) is 0.788. The van der Waals surface area contributed by atoms with Gasteiger partial charge in [0.25, 0.3) is 0 Å². The summed E-state index contributed by atoms with van der Waals surface area (Å²) in [7, 11) is 6.03. The third kappa shape index (κ3) is 2.36. The normalized spacial score (nSPS) is 9.50. The van der Waals surface area contributed by atoms with Gasteiger partial charge in [-0.1, -0.05) is 0 Å². The van der Waals surface area contributed by atoms with Gasteiger partial charge in [0.2, 0.25) is 0 Å². The van der Waals surface area contributed by atoms with E-state index in [0.29, 0.717) is 17.2 Å². The van der Waals surface area contributed by atoms with Crippen molar-refractivity contribution in [2.24, 2.45) is 0 Å². The minimum Gasteiger partial charge on any atom is -0.497 e. The minimum atomic E-state index is -0.455. The number of nitrogens with zero attached hydrogens (tertiary/aromatic N) is 1. The van der Waals surface area contributed by atoms with E-state index in [2.05, 4.69) is 4.74 Å². The first-order valence-electron chi connectivity index (χ1n) is 4.67. The molecular weight excluding hydrogens is 210 g/mol. The zero-order chi connectivity index (χ0) is 12.1. The summed E-state index contributed by atoms with van der Waals surface area (Å²) in [4.78, 5) is 12.7. The molecule has 1 amide bonds. The standard InChI is InChI=1S/C11H15NO4/c1-12(11(13)16-4)9-6-5-8(14-2)7-10(9)15-3/h5-7H,1-4H3. The molecule has 0 atom stereocenters. The maximum Gasteiger partial charge on any atom is 0.413 e. The molecule has 0 fully saturated rings. The van der Waals surface area contributed by atoms with Crippen LogP contribution in [0.3, 0.4) is 0 Å². The number of anilines is 1. The van der Waals surface area contributed by atoms with E-state index >= 15 is 0 Å². The number of methoxy groups -OCH3 is 3. The van der Waals surface area contributed by atoms with E-state index < -0.39 is 6.09 Å². The maximum absolute atomic E-state index is 11.4. The van der Waals surface area contributed by atoms with Crippen LogP contribution in [0.5, 0.6) is 11.5 Å². The number of rotatable bonds is 3. The number of carbonyl (C=O) groups is 1. The van der Waals surface area contributed by atoms with E-state index in [9.17, 15) is 4.79 Å². The van der Waals surface area contributed by atoms with Gasteiger partial charge in [0.15, 0.2) is 0 Å². The predicted octanol–water partition coefficient (Wildman–Crippen LogP) is 1.91. The summed E-state index contributed by atoms with van der Waals surface area (Å²) in [5, 5.41) is 0. The van der Waals surface area contributed by atoms with Crippen molar-refractivity contribution in [2.45, 2.75) is 0 Å². The van der Waals surface area contributed by atoms with Crippen LogP contribution in [0.1, 0.15) is 0 Å². The van der Waals surface area contributed by atoms with Crippen LogP contribution in [0.15, 0.2) is 18.2 Å². The molecule has 0 saturated heterocycles. The highest BCUT2D eigenvalue weighted by Crippen LogP contribution is 2.31. The van der Waals surface area contributed by atoms with Crippen molar-refractivity contribution in [3.05, 3.63) is 18.2 Å². The van der Waals surface area contributed by atoms with Crippen molar-refractivity contribution in [3.8, 4) is 11.5 Å². The molecule has 0 aromatic heterocycles. The van der Waals surface area contributed by atoms with Gasteiger partial charge in [-0.2, -0.15) is 0 Å². The van der Waals surface area contributed by atoms with Gasteiger partial charge in [0.1, 0.15) is 11.5 Å². The van der Waals surface area contributed by atoms with Gasteiger partial charge < -0.3 is 14.2 Å². The summed E-state index contributed by atoms with van der Waals surface area (Å²) in [5.74, 6) is 1.21. The average Bonchev–Trinajstić information content (AvgIpc) is 2.35. The molecule has 16 heavy (non-hydrogen) atoms. The van der Waals surface area contributed by atoms with Crippen molar-refractivity contribution >= 4 is 11.8 Å². The lowest BCUT2D eigenvalue weighted by Gasteiger charge is -2.18. The molecule has 0 aliphatic carbocycles. The topological polar surface area (TPSA) is 48.0 Å². The molecule has 88 valence electrons. The fourth-order valence-electron chi connectivity index (χ4n) is 1.30. The molecule has 0 heterocycles. The fraction of sp³-hybridized carbons (Fsp3) is 0.364. The first kappa shape index (κ1) is 12.2. The van der Waals surface area contributed by atoms with Crippen LogP contribution in [-0.2, 0) is 4.74 Å². The Balaban J connectivity index is 3.08. The molecular formula is C11H15NO4. The Kier molecular flexibility index (Phi) is 3.99. The van der Waals surface area contributed by atoms with Gasteiger partial charge in [-0.25, -0.2) is 4.79 Å². The third-order valence-electron chi connectivity index (χ3n) is 2.20. The molecule has 5 nitrogen and oxygen atoms in total. The molecule has 5 heteroatoms. The molecule has 0 aliphatic heterocycles. The molecule has 0 aliphatic rings. The minimum absolute atomic E-state index is 0.455. The van der Waals surface area contributed by atoms with E-state index in [1.807, 2.05) is 0 Å². The Bertz CT molecular complexity index is 378. The van der Waals surface area contributed by atoms with Crippen LogP contribution in [0, 0.1) is 0 Å². The predicted molar refractivity (Wildman–Crippen MR) is 60.4 cm³/mol. The highest BCUT2D eigenvalue weighted by atomic mass is 16.5. The van der Waals surface area contributed by atoms with Crippen LogP contribution >= 0.6 is 0 Å². The number of hydrogen-bond donors (Lipinski definition) is 0. The summed E-state index contributed by atoms with van der Waals surface area (Å²) < 4.78 is 14.9. The van der Waals surface area contributed by atoms with E-state index in [1.54, 1.807) is 32.4 Å². The molecule has 1 aromatic carbocycles. The van der Waals surface area contributed by atoms with Gasteiger partial charge in [-0.3, -0.25) is 4.90 Å². The second-order valence-electron chi connectivity index (χ2n) is 3.07. The summed E-state index contributed by atoms with van der Waals surface area (Å²) >= 11 is 0.